The number of benzene rings is 1. The van der Waals surface area contributed by atoms with Gasteiger partial charge < -0.3 is 9.55 Å². The number of para-hydroxylation sites is 1. The molecule has 106 valence electrons. The van der Waals surface area contributed by atoms with Crippen LogP contribution in [0.25, 0.3) is 10.9 Å². The molecule has 0 saturated heterocycles. The zero-order valence-electron chi connectivity index (χ0n) is 12.0. The summed E-state index contributed by atoms with van der Waals surface area (Å²) in [5, 5.41) is 1.06. The van der Waals surface area contributed by atoms with E-state index in [1.807, 2.05) is 36.0 Å². The molecule has 1 aliphatic rings. The van der Waals surface area contributed by atoms with Crippen molar-refractivity contribution in [2.75, 3.05) is 0 Å². The first-order valence-electron chi connectivity index (χ1n) is 7.33. The van der Waals surface area contributed by atoms with Gasteiger partial charge in [0.1, 0.15) is 0 Å². The summed E-state index contributed by atoms with van der Waals surface area (Å²) < 4.78 is 2.03. The Labute approximate surface area is 122 Å². The minimum atomic E-state index is 0.0590. The van der Waals surface area contributed by atoms with Gasteiger partial charge in [-0.3, -0.25) is 4.79 Å². The molecule has 4 nitrogen and oxygen atoms in total. The second-order valence-electron chi connectivity index (χ2n) is 5.80. The van der Waals surface area contributed by atoms with Crippen LogP contribution in [-0.4, -0.2) is 20.3 Å². The van der Waals surface area contributed by atoms with Crippen LogP contribution in [0.5, 0.6) is 0 Å². The maximum absolute atomic E-state index is 12.9. The topological polar surface area (TPSA) is 50.7 Å². The van der Waals surface area contributed by atoms with Crippen molar-refractivity contribution in [2.45, 2.75) is 19.3 Å². The monoisotopic (exact) mass is 279 g/mol. The predicted octanol–water partition coefficient (Wildman–Crippen LogP) is 2.89. The number of hydrogen-bond acceptors (Lipinski definition) is 2. The van der Waals surface area contributed by atoms with E-state index in [1.54, 1.807) is 6.33 Å². The summed E-state index contributed by atoms with van der Waals surface area (Å²) in [4.78, 5) is 20.4. The van der Waals surface area contributed by atoms with Crippen molar-refractivity contribution >= 4 is 16.7 Å². The van der Waals surface area contributed by atoms with E-state index in [0.29, 0.717) is 0 Å². The minimum Gasteiger partial charge on any atom is -0.350 e. The lowest BCUT2D eigenvalue weighted by molar-refractivity contribution is 0.0909. The fourth-order valence-corrected chi connectivity index (χ4v) is 3.38. The molecular weight excluding hydrogens is 262 g/mol. The van der Waals surface area contributed by atoms with Gasteiger partial charge in [0, 0.05) is 41.3 Å². The van der Waals surface area contributed by atoms with Crippen LogP contribution in [0.15, 0.2) is 36.8 Å². The molecule has 3 aromatic rings. The summed E-state index contributed by atoms with van der Waals surface area (Å²) in [6.07, 6.45) is 6.25. The molecule has 0 radical (unpaired) electrons. The van der Waals surface area contributed by atoms with Crippen LogP contribution in [0.1, 0.15) is 28.2 Å². The van der Waals surface area contributed by atoms with Crippen molar-refractivity contribution in [3.63, 3.8) is 0 Å². The van der Waals surface area contributed by atoms with E-state index in [2.05, 4.69) is 16.0 Å². The highest BCUT2D eigenvalue weighted by Gasteiger charge is 2.28. The summed E-state index contributed by atoms with van der Waals surface area (Å²) >= 11 is 0. The van der Waals surface area contributed by atoms with Gasteiger partial charge in [-0.1, -0.05) is 18.2 Å². The largest absolute Gasteiger partial charge is 0.350 e. The van der Waals surface area contributed by atoms with Crippen LogP contribution in [0.2, 0.25) is 0 Å². The summed E-state index contributed by atoms with van der Waals surface area (Å²) in [6.45, 7) is 0. The highest BCUT2D eigenvalue weighted by molar-refractivity contribution is 6.09. The molecule has 1 atom stereocenters. The number of carbonyl (C=O) groups is 1. The van der Waals surface area contributed by atoms with Crippen LogP contribution in [-0.2, 0) is 19.9 Å². The number of carbonyl (C=O) groups excluding carboxylic acids is 1. The average molecular weight is 279 g/mol. The molecule has 0 fully saturated rings. The van der Waals surface area contributed by atoms with Crippen molar-refractivity contribution in [3.05, 3.63) is 53.7 Å². The third-order valence-corrected chi connectivity index (χ3v) is 4.52. The number of nitrogens with one attached hydrogen (secondary N) is 1. The van der Waals surface area contributed by atoms with E-state index < -0.39 is 0 Å². The van der Waals surface area contributed by atoms with Crippen molar-refractivity contribution < 1.29 is 4.79 Å². The van der Waals surface area contributed by atoms with E-state index in [9.17, 15) is 4.79 Å². The van der Waals surface area contributed by atoms with E-state index in [1.165, 1.54) is 0 Å². The van der Waals surface area contributed by atoms with Gasteiger partial charge in [-0.25, -0.2) is 4.98 Å². The summed E-state index contributed by atoms with van der Waals surface area (Å²) in [6, 6.07) is 8.09. The summed E-state index contributed by atoms with van der Waals surface area (Å²) in [5.74, 6) is 0.316. The molecule has 0 spiro atoms. The fourth-order valence-electron chi connectivity index (χ4n) is 3.38. The third-order valence-electron chi connectivity index (χ3n) is 4.52. The number of aromatic amines is 1. The van der Waals surface area contributed by atoms with E-state index in [0.717, 1.165) is 47.1 Å². The zero-order valence-corrected chi connectivity index (χ0v) is 12.0. The van der Waals surface area contributed by atoms with Crippen LogP contribution in [0.4, 0.5) is 0 Å². The van der Waals surface area contributed by atoms with Gasteiger partial charge in [-0.05, 0) is 25.3 Å². The molecule has 0 bridgehead atoms. The number of H-pyrrole nitrogens is 1. The highest BCUT2D eigenvalue weighted by Crippen LogP contribution is 2.29. The SMILES string of the molecule is Cn1cc(C(=O)[C@@H]2CCc3nc[nH]c3C2)c2ccccc21. The van der Waals surface area contributed by atoms with E-state index in [-0.39, 0.29) is 11.7 Å². The molecule has 4 heteroatoms. The molecule has 21 heavy (non-hydrogen) atoms. The number of hydrogen-bond donors (Lipinski definition) is 1. The normalized spacial score (nSPS) is 17.9. The number of Topliss-reactive ketones (excluding diaryl/α,β-unsaturated/α-hetero) is 1. The number of aromatic nitrogens is 3. The van der Waals surface area contributed by atoms with Gasteiger partial charge in [-0.15, -0.1) is 0 Å². The third kappa shape index (κ3) is 1.90. The van der Waals surface area contributed by atoms with Gasteiger partial charge in [0.25, 0.3) is 0 Å². The molecular formula is C17H17N3O. The molecule has 2 heterocycles. The Morgan fingerprint density at radius 3 is 3.14 bits per heavy atom. The molecule has 0 amide bonds. The zero-order chi connectivity index (χ0) is 14.4. The molecule has 0 unspecified atom stereocenters. The summed E-state index contributed by atoms with van der Waals surface area (Å²) in [7, 11) is 1.99. The smallest absolute Gasteiger partial charge is 0.168 e. The first-order chi connectivity index (χ1) is 10.2. The molecule has 1 N–H and O–H groups in total. The highest BCUT2D eigenvalue weighted by atomic mass is 16.1. The molecule has 1 aromatic carbocycles. The lowest BCUT2D eigenvalue weighted by Gasteiger charge is -2.19. The average Bonchev–Trinajstić information content (AvgIpc) is 3.11. The van der Waals surface area contributed by atoms with E-state index >= 15 is 0 Å². The fraction of sp³-hybridized carbons (Fsp3) is 0.294. The number of aryl methyl sites for hydroxylation is 2. The molecule has 4 rings (SSSR count). The Kier molecular flexibility index (Phi) is 2.70. The van der Waals surface area contributed by atoms with Crippen molar-refractivity contribution in [2.24, 2.45) is 13.0 Å². The maximum atomic E-state index is 12.9. The summed E-state index contributed by atoms with van der Waals surface area (Å²) in [5.41, 5.74) is 4.21. The van der Waals surface area contributed by atoms with Crippen molar-refractivity contribution in [1.82, 2.24) is 14.5 Å². The van der Waals surface area contributed by atoms with Gasteiger partial charge >= 0.3 is 0 Å². The Bertz CT molecular complexity index is 828. The van der Waals surface area contributed by atoms with Gasteiger partial charge in [-0.2, -0.15) is 0 Å². The van der Waals surface area contributed by atoms with Gasteiger partial charge in [0.15, 0.2) is 5.78 Å². The second kappa shape index (κ2) is 4.58. The van der Waals surface area contributed by atoms with Crippen molar-refractivity contribution in [1.29, 1.82) is 0 Å². The van der Waals surface area contributed by atoms with Crippen LogP contribution in [0.3, 0.4) is 0 Å². The first kappa shape index (κ1) is 12.4. The molecule has 0 aliphatic heterocycles. The Balaban J connectivity index is 1.71. The van der Waals surface area contributed by atoms with Crippen LogP contribution in [0, 0.1) is 5.92 Å². The lowest BCUT2D eigenvalue weighted by Crippen LogP contribution is -2.22. The van der Waals surface area contributed by atoms with E-state index in [4.69, 9.17) is 0 Å². The van der Waals surface area contributed by atoms with Gasteiger partial charge in [0.2, 0.25) is 0 Å². The Hall–Kier alpha value is -2.36. The van der Waals surface area contributed by atoms with Gasteiger partial charge in [0.05, 0.1) is 12.0 Å². The lowest BCUT2D eigenvalue weighted by atomic mass is 9.84. The number of ketones is 1. The van der Waals surface area contributed by atoms with Crippen LogP contribution >= 0.6 is 0 Å². The first-order valence-corrected chi connectivity index (χ1v) is 7.33. The number of fused-ring (bicyclic) bond motifs is 2. The molecule has 2 aromatic heterocycles. The Morgan fingerprint density at radius 2 is 2.24 bits per heavy atom. The standard InChI is InChI=1S/C17H17N3O/c1-20-9-13(12-4-2-3-5-16(12)20)17(21)11-6-7-14-15(8-11)19-10-18-14/h2-5,9-11H,6-8H2,1H3,(H,18,19)/t11-/m1/s1. The Morgan fingerprint density at radius 1 is 1.38 bits per heavy atom. The molecule has 0 saturated carbocycles. The molecule has 1 aliphatic carbocycles. The predicted molar refractivity (Wildman–Crippen MR) is 81.4 cm³/mol. The number of nitrogens with zero attached hydrogens (tertiary/aromatic N) is 2. The van der Waals surface area contributed by atoms with Crippen LogP contribution < -0.4 is 0 Å². The number of rotatable bonds is 2. The maximum Gasteiger partial charge on any atom is 0.168 e. The number of imidazole rings is 1. The van der Waals surface area contributed by atoms with Crippen molar-refractivity contribution in [3.8, 4) is 0 Å². The quantitative estimate of drug-likeness (QED) is 0.733. The second-order valence-corrected chi connectivity index (χ2v) is 5.80. The minimum absolute atomic E-state index is 0.0590.